The first-order valence-corrected chi connectivity index (χ1v) is 11.6. The smallest absolute Gasteiger partial charge is 0.315 e. The number of benzene rings is 1. The summed E-state index contributed by atoms with van der Waals surface area (Å²) in [6, 6.07) is 11.1. The molecule has 0 aliphatic carbocycles. The van der Waals surface area contributed by atoms with E-state index >= 15 is 0 Å². The van der Waals surface area contributed by atoms with Crippen molar-refractivity contribution in [3.8, 4) is 17.4 Å². The summed E-state index contributed by atoms with van der Waals surface area (Å²) in [6.07, 6.45) is 6.34. The Bertz CT molecular complexity index is 866. The van der Waals surface area contributed by atoms with Gasteiger partial charge in [-0.2, -0.15) is 0 Å². The number of piperidine rings is 1. The van der Waals surface area contributed by atoms with Gasteiger partial charge in [0, 0.05) is 30.4 Å². The van der Waals surface area contributed by atoms with Crippen molar-refractivity contribution in [2.24, 2.45) is 0 Å². The topological polar surface area (TPSA) is 75.7 Å². The summed E-state index contributed by atoms with van der Waals surface area (Å²) < 4.78 is 11.8. The van der Waals surface area contributed by atoms with Crippen LogP contribution >= 0.6 is 0 Å². The van der Waals surface area contributed by atoms with Crippen LogP contribution in [0.2, 0.25) is 0 Å². The molecule has 1 aromatic carbocycles. The molecule has 1 aliphatic rings. The van der Waals surface area contributed by atoms with Crippen molar-refractivity contribution in [3.63, 3.8) is 0 Å². The van der Waals surface area contributed by atoms with E-state index in [1.54, 1.807) is 6.20 Å². The van der Waals surface area contributed by atoms with Crippen molar-refractivity contribution < 1.29 is 14.3 Å². The molecule has 0 saturated carbocycles. The summed E-state index contributed by atoms with van der Waals surface area (Å²) in [5, 5.41) is 5.95. The lowest BCUT2D eigenvalue weighted by molar-refractivity contribution is 0.0960. The number of rotatable bonds is 10. The van der Waals surface area contributed by atoms with E-state index in [1.165, 1.54) is 19.3 Å². The number of carbonyl (C=O) groups is 1. The minimum Gasteiger partial charge on any atom is -0.490 e. The molecule has 0 radical (unpaired) electrons. The number of hydrogen-bond acceptors (Lipinski definition) is 5. The quantitative estimate of drug-likeness (QED) is 0.559. The molecule has 2 N–H and O–H groups in total. The van der Waals surface area contributed by atoms with Gasteiger partial charge in [0.15, 0.2) is 11.5 Å². The summed E-state index contributed by atoms with van der Waals surface area (Å²) in [5.74, 6) is 1.74. The number of nitrogens with zero attached hydrogens (tertiary/aromatic N) is 2. The maximum Gasteiger partial charge on any atom is 0.315 e. The third-order valence-electron chi connectivity index (χ3n) is 5.70. The Morgan fingerprint density at radius 2 is 1.81 bits per heavy atom. The van der Waals surface area contributed by atoms with E-state index in [2.05, 4.69) is 41.3 Å². The number of ether oxygens (including phenoxy) is 2. The number of aromatic nitrogens is 1. The highest BCUT2D eigenvalue weighted by molar-refractivity contribution is 5.74. The van der Waals surface area contributed by atoms with Gasteiger partial charge in [0.25, 0.3) is 0 Å². The van der Waals surface area contributed by atoms with Crippen LogP contribution in [0.4, 0.5) is 4.79 Å². The Kier molecular flexibility index (Phi) is 8.73. The average molecular weight is 441 g/mol. The molecule has 1 fully saturated rings. The molecular weight excluding hydrogens is 404 g/mol. The maximum atomic E-state index is 12.5. The minimum absolute atomic E-state index is 0.0669. The summed E-state index contributed by atoms with van der Waals surface area (Å²) in [6.45, 7) is 10.1. The number of amides is 2. The minimum atomic E-state index is -0.198. The van der Waals surface area contributed by atoms with E-state index in [0.717, 1.165) is 25.1 Å². The van der Waals surface area contributed by atoms with Gasteiger partial charge in [-0.25, -0.2) is 9.78 Å². The first kappa shape index (κ1) is 23.9. The highest BCUT2D eigenvalue weighted by Gasteiger charge is 2.28. The van der Waals surface area contributed by atoms with Gasteiger partial charge in [-0.3, -0.25) is 4.90 Å². The molecule has 1 saturated heterocycles. The Morgan fingerprint density at radius 1 is 1.06 bits per heavy atom. The molecule has 174 valence electrons. The second-order valence-electron chi connectivity index (χ2n) is 8.76. The molecule has 1 aromatic heterocycles. The van der Waals surface area contributed by atoms with E-state index in [1.807, 2.05) is 36.4 Å². The number of para-hydroxylation sites is 2. The molecule has 0 atom stereocenters. The normalized spacial score (nSPS) is 14.6. The fraction of sp³-hybridized carbons (Fsp3) is 0.520. The monoisotopic (exact) mass is 440 g/mol. The van der Waals surface area contributed by atoms with Gasteiger partial charge in [0.05, 0.1) is 6.61 Å². The third kappa shape index (κ3) is 6.85. The molecule has 0 spiro atoms. The first-order valence-electron chi connectivity index (χ1n) is 11.6. The highest BCUT2D eigenvalue weighted by Crippen LogP contribution is 2.32. The number of carbonyl (C=O) groups excluding carboxylic acids is 1. The van der Waals surface area contributed by atoms with Crippen LogP contribution in [0.3, 0.4) is 0 Å². The fourth-order valence-electron chi connectivity index (χ4n) is 3.77. The van der Waals surface area contributed by atoms with Crippen LogP contribution in [0.5, 0.6) is 17.4 Å². The predicted octanol–water partition coefficient (Wildman–Crippen LogP) is 4.73. The van der Waals surface area contributed by atoms with Crippen molar-refractivity contribution in [2.45, 2.75) is 58.5 Å². The van der Waals surface area contributed by atoms with Gasteiger partial charge in [0.2, 0.25) is 5.88 Å². The Morgan fingerprint density at radius 3 is 2.56 bits per heavy atom. The van der Waals surface area contributed by atoms with Crippen molar-refractivity contribution in [1.82, 2.24) is 20.5 Å². The second kappa shape index (κ2) is 11.7. The van der Waals surface area contributed by atoms with Crippen molar-refractivity contribution in [2.75, 3.05) is 26.2 Å². The number of urea groups is 1. The average Bonchev–Trinajstić information content (AvgIpc) is 2.82. The number of likely N-dealkylation sites (tertiary alicyclic amines) is 1. The molecule has 7 heteroatoms. The molecule has 7 nitrogen and oxygen atoms in total. The van der Waals surface area contributed by atoms with Crippen LogP contribution in [0.25, 0.3) is 0 Å². The Balaban J connectivity index is 1.55. The molecule has 0 bridgehead atoms. The van der Waals surface area contributed by atoms with E-state index in [0.29, 0.717) is 37.1 Å². The zero-order valence-electron chi connectivity index (χ0n) is 19.5. The van der Waals surface area contributed by atoms with Crippen molar-refractivity contribution in [1.29, 1.82) is 0 Å². The molecule has 32 heavy (non-hydrogen) atoms. The zero-order valence-corrected chi connectivity index (χ0v) is 19.5. The van der Waals surface area contributed by atoms with E-state index in [4.69, 9.17) is 9.47 Å². The third-order valence-corrected chi connectivity index (χ3v) is 5.70. The summed E-state index contributed by atoms with van der Waals surface area (Å²) in [5.41, 5.74) is 0.728. The molecule has 1 aliphatic heterocycles. The predicted molar refractivity (Wildman–Crippen MR) is 126 cm³/mol. The zero-order chi connectivity index (χ0) is 22.8. The standard InChI is InChI=1S/C25H36N4O3/c1-4-17-31-21-12-6-7-13-22(21)32-23-20(11-10-14-26-23)18-27-24(30)28-19-25(2,3)29-15-8-5-9-16-29/h6-7,10-14H,4-5,8-9,15-19H2,1-3H3,(H2,27,28,30). The number of hydrogen-bond donors (Lipinski definition) is 2. The number of nitrogens with one attached hydrogen (secondary N) is 2. The fourth-order valence-corrected chi connectivity index (χ4v) is 3.77. The van der Waals surface area contributed by atoms with E-state index < -0.39 is 0 Å². The van der Waals surface area contributed by atoms with E-state index in [-0.39, 0.29) is 11.6 Å². The lowest BCUT2D eigenvalue weighted by Crippen LogP contribution is -2.54. The first-order chi connectivity index (χ1) is 15.5. The summed E-state index contributed by atoms with van der Waals surface area (Å²) in [4.78, 5) is 19.3. The van der Waals surface area contributed by atoms with Crippen LogP contribution < -0.4 is 20.1 Å². The van der Waals surface area contributed by atoms with Crippen LogP contribution in [0, 0.1) is 0 Å². The Hall–Kier alpha value is -2.80. The summed E-state index contributed by atoms with van der Waals surface area (Å²) in [7, 11) is 0. The van der Waals surface area contributed by atoms with E-state index in [9.17, 15) is 4.79 Å². The molecule has 2 amide bonds. The highest BCUT2D eigenvalue weighted by atomic mass is 16.5. The van der Waals surface area contributed by atoms with Gasteiger partial charge in [0.1, 0.15) is 0 Å². The summed E-state index contributed by atoms with van der Waals surface area (Å²) >= 11 is 0. The van der Waals surface area contributed by atoms with Crippen LogP contribution in [-0.4, -0.2) is 47.7 Å². The lowest BCUT2D eigenvalue weighted by Gasteiger charge is -2.41. The van der Waals surface area contributed by atoms with Gasteiger partial charge >= 0.3 is 6.03 Å². The van der Waals surface area contributed by atoms with Crippen LogP contribution in [0.15, 0.2) is 42.6 Å². The largest absolute Gasteiger partial charge is 0.490 e. The molecule has 2 aromatic rings. The molecular formula is C25H36N4O3. The molecule has 3 rings (SSSR count). The van der Waals surface area contributed by atoms with Crippen molar-refractivity contribution in [3.05, 3.63) is 48.2 Å². The van der Waals surface area contributed by atoms with Gasteiger partial charge in [-0.15, -0.1) is 0 Å². The SMILES string of the molecule is CCCOc1ccccc1Oc1ncccc1CNC(=O)NCC(C)(C)N1CCCCC1. The Labute approximate surface area is 191 Å². The van der Waals surface area contributed by atoms with Gasteiger partial charge in [-0.1, -0.05) is 31.5 Å². The number of pyridine rings is 1. The van der Waals surface area contributed by atoms with Crippen LogP contribution in [-0.2, 0) is 6.54 Å². The second-order valence-corrected chi connectivity index (χ2v) is 8.76. The van der Waals surface area contributed by atoms with Crippen LogP contribution in [0.1, 0.15) is 52.0 Å². The molecule has 2 heterocycles. The van der Waals surface area contributed by atoms with Crippen molar-refractivity contribution >= 4 is 6.03 Å². The maximum absolute atomic E-state index is 12.5. The lowest BCUT2D eigenvalue weighted by atomic mass is 9.98. The van der Waals surface area contributed by atoms with Gasteiger partial charge in [-0.05, 0) is 64.4 Å². The molecule has 0 unspecified atom stereocenters. The van der Waals surface area contributed by atoms with Gasteiger partial charge < -0.3 is 20.1 Å².